The van der Waals surface area contributed by atoms with Crippen molar-refractivity contribution in [2.24, 2.45) is 0 Å². The lowest BCUT2D eigenvalue weighted by Gasteiger charge is -2.31. The summed E-state index contributed by atoms with van der Waals surface area (Å²) in [5.41, 5.74) is 2.02. The zero-order chi connectivity index (χ0) is 30.5. The summed E-state index contributed by atoms with van der Waals surface area (Å²) in [7, 11) is 1.58. The fourth-order valence-electron chi connectivity index (χ4n) is 5.46. The first-order chi connectivity index (χ1) is 19.8. The second-order valence-corrected chi connectivity index (χ2v) is 12.1. The Morgan fingerprint density at radius 1 is 1.02 bits per heavy atom. The minimum absolute atomic E-state index is 0.346. The molecule has 1 aliphatic heterocycles. The van der Waals surface area contributed by atoms with E-state index >= 15 is 0 Å². The molecule has 0 bridgehead atoms. The lowest BCUT2D eigenvalue weighted by Crippen LogP contribution is -2.49. The summed E-state index contributed by atoms with van der Waals surface area (Å²) in [5, 5.41) is 13.3. The molecule has 224 valence electrons. The minimum atomic E-state index is -1.05. The number of carboxylic acid groups (broad SMARTS) is 1. The van der Waals surface area contributed by atoms with E-state index in [9.17, 15) is 14.7 Å². The standard InChI is InChI=1S/C33H41N3O6/c1-32(2,3)42-30(37)34-25(19-22-11-8-7-9-12-22)21-28-27(36(31(38)39)33(4,5)41-28)20-23-15-17-24(18-16-23)26-13-10-14-29(35-26)40-6/h7-18,25,27-28H,19-21H2,1-6H3,(H,34,37)(H,38,39)/t25-,27-,28-/m0/s1. The molecular formula is C33H41N3O6. The molecule has 3 atom stereocenters. The summed E-state index contributed by atoms with van der Waals surface area (Å²) < 4.78 is 17.2. The lowest BCUT2D eigenvalue weighted by molar-refractivity contribution is -0.0695. The molecular weight excluding hydrogens is 534 g/mol. The molecule has 1 aliphatic rings. The predicted octanol–water partition coefficient (Wildman–Crippen LogP) is 6.31. The number of pyridine rings is 1. The average molecular weight is 576 g/mol. The van der Waals surface area contributed by atoms with Crippen molar-refractivity contribution in [3.05, 3.63) is 83.9 Å². The molecule has 4 rings (SSSR count). The first-order valence-electron chi connectivity index (χ1n) is 14.2. The molecule has 9 nitrogen and oxygen atoms in total. The van der Waals surface area contributed by atoms with Crippen molar-refractivity contribution in [1.82, 2.24) is 15.2 Å². The van der Waals surface area contributed by atoms with Crippen LogP contribution in [0.5, 0.6) is 5.88 Å². The van der Waals surface area contributed by atoms with Gasteiger partial charge in [0.2, 0.25) is 5.88 Å². The van der Waals surface area contributed by atoms with Crippen molar-refractivity contribution in [3.8, 4) is 17.1 Å². The summed E-state index contributed by atoms with van der Waals surface area (Å²) in [6, 6.07) is 22.5. The fraction of sp³-hybridized carbons (Fsp3) is 0.424. The van der Waals surface area contributed by atoms with Gasteiger partial charge in [-0.2, -0.15) is 0 Å². The Labute approximate surface area is 247 Å². The maximum Gasteiger partial charge on any atom is 0.409 e. The van der Waals surface area contributed by atoms with E-state index in [0.717, 1.165) is 22.4 Å². The topological polar surface area (TPSA) is 110 Å². The summed E-state index contributed by atoms with van der Waals surface area (Å²) >= 11 is 0. The van der Waals surface area contributed by atoms with Gasteiger partial charge in [0.05, 0.1) is 24.9 Å². The molecule has 42 heavy (non-hydrogen) atoms. The maximum atomic E-state index is 12.8. The van der Waals surface area contributed by atoms with Gasteiger partial charge in [-0.1, -0.05) is 60.7 Å². The van der Waals surface area contributed by atoms with Crippen LogP contribution in [0.3, 0.4) is 0 Å². The smallest absolute Gasteiger partial charge is 0.409 e. The van der Waals surface area contributed by atoms with Crippen LogP contribution in [-0.2, 0) is 22.3 Å². The van der Waals surface area contributed by atoms with Crippen molar-refractivity contribution < 1.29 is 28.9 Å². The van der Waals surface area contributed by atoms with Crippen LogP contribution >= 0.6 is 0 Å². The zero-order valence-corrected chi connectivity index (χ0v) is 25.2. The van der Waals surface area contributed by atoms with Crippen molar-refractivity contribution in [3.63, 3.8) is 0 Å². The molecule has 1 aromatic heterocycles. The van der Waals surface area contributed by atoms with Crippen LogP contribution in [-0.4, -0.2) is 63.8 Å². The largest absolute Gasteiger partial charge is 0.481 e. The van der Waals surface area contributed by atoms with E-state index in [1.54, 1.807) is 27.0 Å². The Kier molecular flexibility index (Phi) is 9.41. The third kappa shape index (κ3) is 8.00. The average Bonchev–Trinajstić information content (AvgIpc) is 3.17. The number of aromatic nitrogens is 1. The quantitative estimate of drug-likeness (QED) is 0.308. The number of nitrogens with one attached hydrogen (secondary N) is 1. The number of ether oxygens (including phenoxy) is 3. The zero-order valence-electron chi connectivity index (χ0n) is 25.2. The van der Waals surface area contributed by atoms with Crippen molar-refractivity contribution in [2.75, 3.05) is 7.11 Å². The molecule has 0 spiro atoms. The van der Waals surface area contributed by atoms with E-state index in [2.05, 4.69) is 10.3 Å². The molecule has 0 radical (unpaired) electrons. The lowest BCUT2D eigenvalue weighted by atomic mass is 9.93. The summed E-state index contributed by atoms with van der Waals surface area (Å²) in [6.45, 7) is 8.98. The van der Waals surface area contributed by atoms with Gasteiger partial charge in [-0.25, -0.2) is 14.6 Å². The van der Waals surface area contributed by atoms with Gasteiger partial charge in [0.1, 0.15) is 11.3 Å². The van der Waals surface area contributed by atoms with Crippen molar-refractivity contribution in [2.45, 2.75) is 83.4 Å². The number of amides is 2. The number of carbonyl (C=O) groups is 2. The van der Waals surface area contributed by atoms with Gasteiger partial charge in [0, 0.05) is 17.7 Å². The molecule has 2 heterocycles. The molecule has 2 amide bonds. The van der Waals surface area contributed by atoms with Crippen LogP contribution in [0.4, 0.5) is 9.59 Å². The molecule has 2 aromatic carbocycles. The number of rotatable bonds is 9. The van der Waals surface area contributed by atoms with Crippen molar-refractivity contribution >= 4 is 12.2 Å². The van der Waals surface area contributed by atoms with E-state index in [1.807, 2.05) is 87.5 Å². The molecule has 0 unspecified atom stereocenters. The van der Waals surface area contributed by atoms with Crippen LogP contribution in [0.1, 0.15) is 52.2 Å². The van der Waals surface area contributed by atoms with Gasteiger partial charge >= 0.3 is 12.2 Å². The van der Waals surface area contributed by atoms with Crippen LogP contribution < -0.4 is 10.1 Å². The van der Waals surface area contributed by atoms with Crippen LogP contribution in [0.25, 0.3) is 11.3 Å². The highest BCUT2D eigenvalue weighted by Gasteiger charge is 2.50. The summed E-state index contributed by atoms with van der Waals surface area (Å²) in [4.78, 5) is 31.2. The minimum Gasteiger partial charge on any atom is -0.481 e. The molecule has 2 N–H and O–H groups in total. The summed E-state index contributed by atoms with van der Waals surface area (Å²) in [6.07, 6.45) is -0.658. The Balaban J connectivity index is 1.58. The van der Waals surface area contributed by atoms with Gasteiger partial charge in [0.15, 0.2) is 0 Å². The number of alkyl carbamates (subject to hydrolysis) is 1. The highest BCUT2D eigenvalue weighted by molar-refractivity contribution is 5.68. The van der Waals surface area contributed by atoms with Gasteiger partial charge in [0.25, 0.3) is 0 Å². The normalized spacial score (nSPS) is 18.8. The molecule has 3 aromatic rings. The van der Waals surface area contributed by atoms with Crippen LogP contribution in [0, 0.1) is 0 Å². The highest BCUT2D eigenvalue weighted by Crippen LogP contribution is 2.36. The third-order valence-corrected chi connectivity index (χ3v) is 7.18. The number of benzene rings is 2. The number of methoxy groups -OCH3 is 1. The number of nitrogens with zero attached hydrogens (tertiary/aromatic N) is 2. The Hall–Kier alpha value is -4.11. The SMILES string of the molecule is COc1cccc(-c2ccc(C[C@H]3[C@H](C[C@H](Cc4ccccc4)NC(=O)OC(C)(C)C)OC(C)(C)N3C(=O)O)cc2)n1. The highest BCUT2D eigenvalue weighted by atomic mass is 16.6. The fourth-order valence-corrected chi connectivity index (χ4v) is 5.46. The molecule has 1 saturated heterocycles. The first-order valence-corrected chi connectivity index (χ1v) is 14.2. The molecule has 0 saturated carbocycles. The second kappa shape index (κ2) is 12.8. The summed E-state index contributed by atoms with van der Waals surface area (Å²) in [5.74, 6) is 0.534. The predicted molar refractivity (Wildman–Crippen MR) is 160 cm³/mol. The van der Waals surface area contributed by atoms with Gasteiger partial charge in [-0.05, 0) is 71.1 Å². The number of carbonyl (C=O) groups excluding carboxylic acids is 1. The Bertz CT molecular complexity index is 1350. The van der Waals surface area contributed by atoms with Crippen molar-refractivity contribution in [1.29, 1.82) is 0 Å². The third-order valence-electron chi connectivity index (χ3n) is 7.18. The van der Waals surface area contributed by atoms with Gasteiger partial charge in [-0.3, -0.25) is 4.90 Å². The van der Waals surface area contributed by atoms with E-state index in [4.69, 9.17) is 14.2 Å². The van der Waals surface area contributed by atoms with Crippen LogP contribution in [0.2, 0.25) is 0 Å². The van der Waals surface area contributed by atoms with E-state index in [0.29, 0.717) is 25.1 Å². The van der Waals surface area contributed by atoms with E-state index in [-0.39, 0.29) is 6.04 Å². The Morgan fingerprint density at radius 3 is 2.33 bits per heavy atom. The molecule has 1 fully saturated rings. The monoisotopic (exact) mass is 575 g/mol. The van der Waals surface area contributed by atoms with Gasteiger partial charge < -0.3 is 24.6 Å². The maximum absolute atomic E-state index is 12.8. The first kappa shape index (κ1) is 30.8. The van der Waals surface area contributed by atoms with E-state index in [1.165, 1.54) is 4.90 Å². The number of hydrogen-bond acceptors (Lipinski definition) is 6. The molecule has 9 heteroatoms. The van der Waals surface area contributed by atoms with E-state index < -0.39 is 35.7 Å². The van der Waals surface area contributed by atoms with Crippen LogP contribution in [0.15, 0.2) is 72.8 Å². The Morgan fingerprint density at radius 2 is 1.71 bits per heavy atom. The second-order valence-electron chi connectivity index (χ2n) is 12.1. The number of hydrogen-bond donors (Lipinski definition) is 2. The molecule has 0 aliphatic carbocycles. The van der Waals surface area contributed by atoms with Gasteiger partial charge in [-0.15, -0.1) is 0 Å².